The largest absolute Gasteiger partial charge is 0.493 e. The van der Waals surface area contributed by atoms with E-state index in [0.717, 1.165) is 18.4 Å². The van der Waals surface area contributed by atoms with Gasteiger partial charge in [-0.15, -0.1) is 0 Å². The lowest BCUT2D eigenvalue weighted by atomic mass is 9.90. The quantitative estimate of drug-likeness (QED) is 0.433. The van der Waals surface area contributed by atoms with E-state index in [1.54, 1.807) is 12.1 Å². The molecule has 0 radical (unpaired) electrons. The lowest BCUT2D eigenvalue weighted by Gasteiger charge is -2.22. The number of nitrogens with one attached hydrogen (secondary N) is 1. The number of aromatic nitrogens is 1. The number of aromatic carboxylic acids is 1. The van der Waals surface area contributed by atoms with Crippen LogP contribution < -0.4 is 14.8 Å². The van der Waals surface area contributed by atoms with E-state index >= 15 is 0 Å². The number of rotatable bonds is 9. The number of hydrogen-bond acceptors (Lipinski definition) is 5. The van der Waals surface area contributed by atoms with Crippen LogP contribution in [0.2, 0.25) is 0 Å². The molecule has 0 aliphatic heterocycles. The molecule has 4 rings (SSSR count). The zero-order valence-corrected chi connectivity index (χ0v) is 18.9. The van der Waals surface area contributed by atoms with E-state index in [-0.39, 0.29) is 17.3 Å². The summed E-state index contributed by atoms with van der Waals surface area (Å²) in [5.41, 5.74) is 1.44. The van der Waals surface area contributed by atoms with Crippen molar-refractivity contribution in [2.75, 3.05) is 11.9 Å². The maximum atomic E-state index is 12.9. The smallest absolute Gasteiger partial charge is 0.337 e. The van der Waals surface area contributed by atoms with E-state index in [0.29, 0.717) is 36.2 Å². The van der Waals surface area contributed by atoms with E-state index in [9.17, 15) is 9.59 Å². The van der Waals surface area contributed by atoms with Gasteiger partial charge in [-0.1, -0.05) is 49.6 Å². The van der Waals surface area contributed by atoms with Gasteiger partial charge in [-0.25, -0.2) is 9.78 Å². The zero-order chi connectivity index (χ0) is 23.8. The summed E-state index contributed by atoms with van der Waals surface area (Å²) in [5.74, 6) is 0.434. The fraction of sp³-hybridized carbons (Fsp3) is 0.296. The number of amides is 1. The number of carbonyl (C=O) groups is 2. The second-order valence-corrected chi connectivity index (χ2v) is 8.47. The predicted molar refractivity (Wildman–Crippen MR) is 128 cm³/mol. The van der Waals surface area contributed by atoms with Gasteiger partial charge in [0.25, 0.3) is 5.91 Å². The Morgan fingerprint density at radius 3 is 2.32 bits per heavy atom. The van der Waals surface area contributed by atoms with Crippen molar-refractivity contribution in [2.45, 2.75) is 38.7 Å². The molecule has 34 heavy (non-hydrogen) atoms. The summed E-state index contributed by atoms with van der Waals surface area (Å²) in [5, 5.41) is 11.7. The maximum absolute atomic E-state index is 12.9. The molecular formula is C27H28N2O5. The molecule has 0 saturated heterocycles. The minimum Gasteiger partial charge on any atom is -0.493 e. The second-order valence-electron chi connectivity index (χ2n) is 8.47. The van der Waals surface area contributed by atoms with Gasteiger partial charge in [-0.3, -0.25) is 4.79 Å². The van der Waals surface area contributed by atoms with Crippen LogP contribution in [0.4, 0.5) is 5.82 Å². The molecule has 2 N–H and O–H groups in total. The Bertz CT molecular complexity index is 1110. The van der Waals surface area contributed by atoms with Crippen LogP contribution >= 0.6 is 0 Å². The van der Waals surface area contributed by atoms with E-state index in [4.69, 9.17) is 14.6 Å². The van der Waals surface area contributed by atoms with Gasteiger partial charge in [0.05, 0.1) is 12.2 Å². The van der Waals surface area contributed by atoms with E-state index < -0.39 is 5.97 Å². The summed E-state index contributed by atoms with van der Waals surface area (Å²) >= 11 is 0. The van der Waals surface area contributed by atoms with Crippen LogP contribution in [0.15, 0.2) is 66.9 Å². The molecule has 1 heterocycles. The summed E-state index contributed by atoms with van der Waals surface area (Å²) in [7, 11) is 0. The lowest BCUT2D eigenvalue weighted by molar-refractivity contribution is 0.0696. The van der Waals surface area contributed by atoms with Gasteiger partial charge in [-0.2, -0.15) is 0 Å². The molecule has 0 spiro atoms. The predicted octanol–water partition coefficient (Wildman–Crippen LogP) is 5.57. The second kappa shape index (κ2) is 11.3. The number of carbonyl (C=O) groups excluding carboxylic acids is 1. The normalized spacial score (nSPS) is 13.8. The van der Waals surface area contributed by atoms with Gasteiger partial charge >= 0.3 is 5.97 Å². The van der Waals surface area contributed by atoms with Crippen molar-refractivity contribution in [1.29, 1.82) is 0 Å². The van der Waals surface area contributed by atoms with Gasteiger partial charge in [0.15, 0.2) is 0 Å². The highest BCUT2D eigenvalue weighted by molar-refractivity contribution is 6.04. The first kappa shape index (κ1) is 23.3. The molecular weight excluding hydrogens is 432 g/mol. The van der Waals surface area contributed by atoms with Crippen molar-refractivity contribution in [3.8, 4) is 11.5 Å². The number of anilines is 1. The van der Waals surface area contributed by atoms with E-state index in [1.165, 1.54) is 37.6 Å². The Hall–Kier alpha value is -3.87. The summed E-state index contributed by atoms with van der Waals surface area (Å²) in [6.45, 7) is 0.980. The van der Waals surface area contributed by atoms with E-state index in [1.807, 2.05) is 36.4 Å². The molecule has 1 amide bonds. The molecule has 0 bridgehead atoms. The van der Waals surface area contributed by atoms with Crippen LogP contribution in [0.3, 0.4) is 0 Å². The highest BCUT2D eigenvalue weighted by Gasteiger charge is 2.16. The first-order chi connectivity index (χ1) is 16.6. The molecule has 1 aliphatic rings. The van der Waals surface area contributed by atoms with Gasteiger partial charge in [0.1, 0.15) is 23.9 Å². The molecule has 0 atom stereocenters. The van der Waals surface area contributed by atoms with Crippen molar-refractivity contribution in [2.24, 2.45) is 5.92 Å². The molecule has 0 unspecified atom stereocenters. The Morgan fingerprint density at radius 2 is 1.65 bits per heavy atom. The summed E-state index contributed by atoms with van der Waals surface area (Å²) in [4.78, 5) is 28.0. The van der Waals surface area contributed by atoms with Crippen molar-refractivity contribution in [3.05, 3.63) is 83.6 Å². The average molecular weight is 461 g/mol. The highest BCUT2D eigenvalue weighted by atomic mass is 16.5. The topological polar surface area (TPSA) is 97.8 Å². The number of nitrogens with zero attached hydrogens (tertiary/aromatic N) is 1. The highest BCUT2D eigenvalue weighted by Crippen LogP contribution is 2.28. The van der Waals surface area contributed by atoms with Crippen LogP contribution in [0, 0.1) is 5.92 Å². The number of pyridine rings is 1. The third-order valence-corrected chi connectivity index (χ3v) is 5.85. The van der Waals surface area contributed by atoms with Crippen molar-refractivity contribution in [1.82, 2.24) is 4.98 Å². The molecule has 1 saturated carbocycles. The first-order valence-corrected chi connectivity index (χ1v) is 11.5. The van der Waals surface area contributed by atoms with Gasteiger partial charge in [0.2, 0.25) is 0 Å². The SMILES string of the molecule is O=C(O)c1ccc(NC(=O)c2cc(OCc3ccccc3)cc(OCC3CCCCC3)c2)nc1. The lowest BCUT2D eigenvalue weighted by Crippen LogP contribution is -2.16. The van der Waals surface area contributed by atoms with Crippen LogP contribution in [0.5, 0.6) is 11.5 Å². The molecule has 2 aromatic carbocycles. The Labute approximate surface area is 198 Å². The standard InChI is InChI=1S/C27H28N2O5/c30-26(29-25-12-11-21(16-28-25)27(31)32)22-13-23(33-17-19-7-3-1-4-8-19)15-24(14-22)34-18-20-9-5-2-6-10-20/h1,3-4,7-8,11-16,20H,2,5-6,9-10,17-18H2,(H,31,32)(H,28,29,30). The maximum Gasteiger partial charge on any atom is 0.337 e. The molecule has 7 heteroatoms. The summed E-state index contributed by atoms with van der Waals surface area (Å²) < 4.78 is 12.0. The van der Waals surface area contributed by atoms with Crippen LogP contribution in [0.1, 0.15) is 58.4 Å². The minimum absolute atomic E-state index is 0.0488. The number of hydrogen-bond donors (Lipinski definition) is 2. The van der Waals surface area contributed by atoms with Crippen molar-refractivity contribution in [3.63, 3.8) is 0 Å². The monoisotopic (exact) mass is 460 g/mol. The first-order valence-electron chi connectivity index (χ1n) is 11.5. The van der Waals surface area contributed by atoms with Gasteiger partial charge < -0.3 is 19.9 Å². The summed E-state index contributed by atoms with van der Waals surface area (Å²) in [6.07, 6.45) is 7.28. The molecule has 1 aromatic heterocycles. The van der Waals surface area contributed by atoms with Gasteiger partial charge in [-0.05, 0) is 48.6 Å². The molecule has 1 fully saturated rings. The van der Waals surface area contributed by atoms with Crippen LogP contribution in [0.25, 0.3) is 0 Å². The summed E-state index contributed by atoms with van der Waals surface area (Å²) in [6, 6.07) is 17.8. The number of ether oxygens (including phenoxy) is 2. The van der Waals surface area contributed by atoms with Crippen molar-refractivity contribution >= 4 is 17.7 Å². The Kier molecular flexibility index (Phi) is 7.75. The number of carboxylic acids is 1. The third-order valence-electron chi connectivity index (χ3n) is 5.85. The van der Waals surface area contributed by atoms with Crippen LogP contribution in [-0.4, -0.2) is 28.6 Å². The molecule has 1 aliphatic carbocycles. The molecule has 3 aromatic rings. The zero-order valence-electron chi connectivity index (χ0n) is 18.9. The number of carboxylic acid groups (broad SMARTS) is 1. The van der Waals surface area contributed by atoms with Crippen LogP contribution in [-0.2, 0) is 6.61 Å². The molecule has 7 nitrogen and oxygen atoms in total. The van der Waals surface area contributed by atoms with Crippen molar-refractivity contribution < 1.29 is 24.2 Å². The van der Waals surface area contributed by atoms with Gasteiger partial charge in [0, 0.05) is 17.8 Å². The minimum atomic E-state index is -1.08. The fourth-order valence-corrected chi connectivity index (χ4v) is 3.96. The Balaban J connectivity index is 1.49. The average Bonchev–Trinajstić information content (AvgIpc) is 2.87. The van der Waals surface area contributed by atoms with E-state index in [2.05, 4.69) is 10.3 Å². The fourth-order valence-electron chi connectivity index (χ4n) is 3.96. The molecule has 176 valence electrons. The number of benzene rings is 2. The Morgan fingerprint density at radius 1 is 0.912 bits per heavy atom. The third kappa shape index (κ3) is 6.57.